The Kier molecular flexibility index (Phi) is 2.56. The number of halogens is 2. The molecule has 0 aliphatic carbocycles. The number of hydrogen-bond donors (Lipinski definition) is 1. The van der Waals surface area contributed by atoms with Crippen LogP contribution in [0.25, 0.3) is 0 Å². The van der Waals surface area contributed by atoms with E-state index in [1.54, 1.807) is 6.92 Å². The molecular weight excluding hydrogens is 128 g/mol. The van der Waals surface area contributed by atoms with Crippen LogP contribution in [0.5, 0.6) is 0 Å². The molecule has 0 radical (unpaired) electrons. The minimum absolute atomic E-state index is 0.385. The molecule has 4 heteroatoms. The van der Waals surface area contributed by atoms with E-state index in [0.29, 0.717) is 6.42 Å². The fourth-order valence-electron chi connectivity index (χ4n) is 0.358. The molecule has 0 heterocycles. The lowest BCUT2D eigenvalue weighted by atomic mass is 10.5. The summed E-state index contributed by atoms with van der Waals surface area (Å²) in [7, 11) is -3.98. The maximum atomic E-state index is 12.1. The van der Waals surface area contributed by atoms with E-state index in [4.69, 9.17) is 5.73 Å². The summed E-state index contributed by atoms with van der Waals surface area (Å²) in [6.45, 7) is 2.65. The zero-order valence-corrected chi connectivity index (χ0v) is 6.12. The topological polar surface area (TPSA) is 26.0 Å². The van der Waals surface area contributed by atoms with Crippen molar-refractivity contribution >= 4 is 8.74 Å². The van der Waals surface area contributed by atoms with Crippen molar-refractivity contribution in [2.24, 2.45) is 5.73 Å². The van der Waals surface area contributed by atoms with E-state index in [1.807, 2.05) is 0 Å². The average Bonchev–Trinajstić information content (AvgIpc) is 1.62. The highest BCUT2D eigenvalue weighted by molar-refractivity contribution is 6.66. The van der Waals surface area contributed by atoms with E-state index < -0.39 is 14.4 Å². The van der Waals surface area contributed by atoms with E-state index in [2.05, 4.69) is 0 Å². The number of rotatable bonds is 2. The number of nitrogens with two attached hydrogens (primary N) is 1. The largest absolute Gasteiger partial charge is 0.437 e. The van der Waals surface area contributed by atoms with Gasteiger partial charge in [0.25, 0.3) is 0 Å². The van der Waals surface area contributed by atoms with Gasteiger partial charge in [-0.3, -0.25) is 8.22 Å². The van der Waals surface area contributed by atoms with Gasteiger partial charge in [0.05, 0.1) is 5.67 Å². The second-order valence-corrected chi connectivity index (χ2v) is 4.63. The third-order valence-corrected chi connectivity index (χ3v) is 2.80. The molecule has 8 heavy (non-hydrogen) atoms. The van der Waals surface area contributed by atoms with Crippen LogP contribution in [-0.4, -0.2) is 14.4 Å². The highest BCUT2D eigenvalue weighted by Crippen LogP contribution is 2.11. The van der Waals surface area contributed by atoms with Gasteiger partial charge < -0.3 is 5.73 Å². The molecule has 0 fully saturated rings. The van der Waals surface area contributed by atoms with Crippen LogP contribution in [0.4, 0.5) is 8.22 Å². The monoisotopic (exact) mass is 139 g/mol. The van der Waals surface area contributed by atoms with E-state index in [-0.39, 0.29) is 0 Å². The van der Waals surface area contributed by atoms with Gasteiger partial charge in [-0.1, -0.05) is 6.92 Å². The summed E-state index contributed by atoms with van der Waals surface area (Å²) in [5.41, 5.74) is 4.22. The molecule has 0 spiro atoms. The summed E-state index contributed by atoms with van der Waals surface area (Å²) < 4.78 is 24.3. The van der Waals surface area contributed by atoms with Crippen LogP contribution in [0.3, 0.4) is 0 Å². The molecule has 0 aliphatic heterocycles. The summed E-state index contributed by atoms with van der Waals surface area (Å²) in [5, 5.41) is 0. The first-order valence-electron chi connectivity index (χ1n) is 2.62. The van der Waals surface area contributed by atoms with Gasteiger partial charge >= 0.3 is 8.74 Å². The standard InChI is InChI=1S/C4H11F2NSi/c1-3-4(7)8(2,5)6/h4H,3,7H2,1-2H3. The summed E-state index contributed by atoms with van der Waals surface area (Å²) in [4.78, 5) is 0. The van der Waals surface area contributed by atoms with Gasteiger partial charge in [-0.05, 0) is 13.0 Å². The van der Waals surface area contributed by atoms with Crippen LogP contribution >= 0.6 is 0 Å². The predicted molar refractivity (Wildman–Crippen MR) is 32.1 cm³/mol. The Balaban J connectivity index is 3.62. The fraction of sp³-hybridized carbons (Fsp3) is 1.00. The van der Waals surface area contributed by atoms with Crippen LogP contribution in [-0.2, 0) is 0 Å². The minimum Gasteiger partial charge on any atom is -0.326 e. The van der Waals surface area contributed by atoms with E-state index in [1.165, 1.54) is 0 Å². The molecule has 0 aliphatic rings. The van der Waals surface area contributed by atoms with Crippen molar-refractivity contribution < 1.29 is 8.22 Å². The minimum atomic E-state index is -3.98. The maximum absolute atomic E-state index is 12.1. The molecule has 1 nitrogen and oxygen atoms in total. The van der Waals surface area contributed by atoms with E-state index >= 15 is 0 Å². The van der Waals surface area contributed by atoms with Crippen LogP contribution < -0.4 is 5.73 Å². The molecule has 2 N–H and O–H groups in total. The predicted octanol–water partition coefficient (Wildman–Crippen LogP) is 1.27. The lowest BCUT2D eigenvalue weighted by Crippen LogP contribution is -2.42. The van der Waals surface area contributed by atoms with Gasteiger partial charge in [-0.15, -0.1) is 0 Å². The molecule has 0 bridgehead atoms. The van der Waals surface area contributed by atoms with Crippen molar-refractivity contribution in [3.05, 3.63) is 0 Å². The summed E-state index contributed by atoms with van der Waals surface area (Å²) in [5.74, 6) is 0. The van der Waals surface area contributed by atoms with Gasteiger partial charge in [0, 0.05) is 0 Å². The molecule has 0 saturated carbocycles. The van der Waals surface area contributed by atoms with Crippen molar-refractivity contribution in [1.82, 2.24) is 0 Å². The smallest absolute Gasteiger partial charge is 0.326 e. The Bertz CT molecular complexity index is 70.9. The Morgan fingerprint density at radius 1 is 1.62 bits per heavy atom. The van der Waals surface area contributed by atoms with Crippen molar-refractivity contribution in [3.8, 4) is 0 Å². The molecule has 0 saturated heterocycles. The summed E-state index contributed by atoms with van der Waals surface area (Å²) in [6, 6.07) is 0. The lowest BCUT2D eigenvalue weighted by molar-refractivity contribution is 0.556. The Labute approximate surface area is 49.2 Å². The normalized spacial score (nSPS) is 16.1. The Morgan fingerprint density at radius 3 is 2.00 bits per heavy atom. The Morgan fingerprint density at radius 2 is 2.00 bits per heavy atom. The van der Waals surface area contributed by atoms with Gasteiger partial charge in [0.2, 0.25) is 0 Å². The second-order valence-electron chi connectivity index (χ2n) is 1.97. The third-order valence-electron chi connectivity index (χ3n) is 1.09. The van der Waals surface area contributed by atoms with Crippen LogP contribution in [0.1, 0.15) is 13.3 Å². The van der Waals surface area contributed by atoms with Crippen LogP contribution in [0, 0.1) is 0 Å². The lowest BCUT2D eigenvalue weighted by Gasteiger charge is -2.12. The highest BCUT2D eigenvalue weighted by atomic mass is 28.4. The maximum Gasteiger partial charge on any atom is 0.437 e. The van der Waals surface area contributed by atoms with Gasteiger partial charge in [-0.2, -0.15) is 0 Å². The van der Waals surface area contributed by atoms with Crippen molar-refractivity contribution in [2.45, 2.75) is 25.6 Å². The fourth-order valence-corrected chi connectivity index (χ4v) is 1.08. The van der Waals surface area contributed by atoms with Gasteiger partial charge in [-0.25, -0.2) is 0 Å². The first-order valence-corrected chi connectivity index (χ1v) is 4.95. The van der Waals surface area contributed by atoms with E-state index in [9.17, 15) is 8.22 Å². The quantitative estimate of drug-likeness (QED) is 0.452. The first-order chi connectivity index (χ1) is 3.48. The molecule has 1 atom stereocenters. The molecule has 50 valence electrons. The summed E-state index contributed by atoms with van der Waals surface area (Å²) >= 11 is 0. The van der Waals surface area contributed by atoms with Crippen LogP contribution in [0.15, 0.2) is 0 Å². The molecule has 0 aromatic carbocycles. The Hall–Kier alpha value is 0.0369. The molecular formula is C4H11F2NSi. The van der Waals surface area contributed by atoms with Gasteiger partial charge in [0.1, 0.15) is 0 Å². The van der Waals surface area contributed by atoms with Gasteiger partial charge in [0.15, 0.2) is 0 Å². The van der Waals surface area contributed by atoms with Crippen molar-refractivity contribution in [1.29, 1.82) is 0 Å². The van der Waals surface area contributed by atoms with Crippen molar-refractivity contribution in [2.75, 3.05) is 0 Å². The highest BCUT2D eigenvalue weighted by Gasteiger charge is 2.34. The second kappa shape index (κ2) is 2.55. The zero-order valence-electron chi connectivity index (χ0n) is 5.12. The van der Waals surface area contributed by atoms with Crippen LogP contribution in [0.2, 0.25) is 6.55 Å². The third kappa shape index (κ3) is 2.37. The molecule has 0 aromatic rings. The SMILES string of the molecule is CCC(N)[Si](C)(F)F. The molecule has 0 amide bonds. The van der Waals surface area contributed by atoms with E-state index in [0.717, 1.165) is 6.55 Å². The summed E-state index contributed by atoms with van der Waals surface area (Å²) in [6.07, 6.45) is 0.385. The van der Waals surface area contributed by atoms with Crippen molar-refractivity contribution in [3.63, 3.8) is 0 Å². The molecule has 0 rings (SSSR count). The average molecular weight is 139 g/mol. The molecule has 0 aromatic heterocycles. The molecule has 1 unspecified atom stereocenters. The zero-order chi connectivity index (χ0) is 6.78. The number of hydrogen-bond acceptors (Lipinski definition) is 1. The first kappa shape index (κ1) is 8.04.